The third-order valence-electron chi connectivity index (χ3n) is 4.60. The molecule has 0 aliphatic heterocycles. The zero-order valence-electron chi connectivity index (χ0n) is 18.9. The van der Waals surface area contributed by atoms with Gasteiger partial charge in [-0.05, 0) is 24.3 Å². The highest BCUT2D eigenvalue weighted by atomic mass is 32.2. The SMILES string of the molecule is COc1ccc(OC)c(N(CC(=O)NCc2ccc(OC)c(OC)c2OC)S(C)(=O)=O)c1. The molecule has 0 spiro atoms. The number of sulfonamides is 1. The average Bonchev–Trinajstić information content (AvgIpc) is 2.79. The van der Waals surface area contributed by atoms with Gasteiger partial charge in [0, 0.05) is 18.2 Å². The Labute approximate surface area is 188 Å². The third kappa shape index (κ3) is 5.67. The molecule has 2 aromatic rings. The van der Waals surface area contributed by atoms with Crippen LogP contribution in [0.3, 0.4) is 0 Å². The molecule has 0 unspecified atom stereocenters. The Morgan fingerprint density at radius 3 is 2.03 bits per heavy atom. The van der Waals surface area contributed by atoms with Gasteiger partial charge in [0.05, 0.1) is 47.5 Å². The normalized spacial score (nSPS) is 10.8. The summed E-state index contributed by atoms with van der Waals surface area (Å²) in [5.74, 6) is 1.45. The van der Waals surface area contributed by atoms with Gasteiger partial charge in [-0.15, -0.1) is 0 Å². The van der Waals surface area contributed by atoms with Crippen LogP contribution < -0.4 is 33.3 Å². The van der Waals surface area contributed by atoms with Crippen LogP contribution in [0.5, 0.6) is 28.7 Å². The highest BCUT2D eigenvalue weighted by Gasteiger charge is 2.25. The van der Waals surface area contributed by atoms with E-state index in [-0.39, 0.29) is 18.0 Å². The number of hydrogen-bond acceptors (Lipinski definition) is 8. The molecule has 0 aromatic heterocycles. The number of rotatable bonds is 11. The van der Waals surface area contributed by atoms with Crippen LogP contribution in [-0.2, 0) is 21.4 Å². The van der Waals surface area contributed by atoms with Crippen molar-refractivity contribution in [2.24, 2.45) is 0 Å². The average molecular weight is 469 g/mol. The quantitative estimate of drug-likeness (QED) is 0.531. The van der Waals surface area contributed by atoms with E-state index in [1.807, 2.05) is 0 Å². The minimum Gasteiger partial charge on any atom is -0.497 e. The van der Waals surface area contributed by atoms with Crippen LogP contribution in [0.1, 0.15) is 5.56 Å². The van der Waals surface area contributed by atoms with E-state index in [2.05, 4.69) is 5.32 Å². The molecule has 1 N–H and O–H groups in total. The molecular weight excluding hydrogens is 440 g/mol. The summed E-state index contributed by atoms with van der Waals surface area (Å²) in [4.78, 5) is 12.7. The van der Waals surface area contributed by atoms with E-state index in [9.17, 15) is 13.2 Å². The monoisotopic (exact) mass is 468 g/mol. The Kier molecular flexibility index (Phi) is 8.41. The van der Waals surface area contributed by atoms with E-state index in [1.165, 1.54) is 41.6 Å². The first-order chi connectivity index (χ1) is 15.2. The molecule has 0 aliphatic carbocycles. The van der Waals surface area contributed by atoms with Gasteiger partial charge in [-0.2, -0.15) is 0 Å². The fraction of sp³-hybridized carbons (Fsp3) is 0.381. The van der Waals surface area contributed by atoms with Crippen molar-refractivity contribution in [2.45, 2.75) is 6.54 Å². The molecule has 11 heteroatoms. The predicted molar refractivity (Wildman–Crippen MR) is 120 cm³/mol. The van der Waals surface area contributed by atoms with Crippen molar-refractivity contribution in [2.75, 3.05) is 52.7 Å². The number of nitrogens with one attached hydrogen (secondary N) is 1. The van der Waals surface area contributed by atoms with Crippen LogP contribution in [0, 0.1) is 0 Å². The first-order valence-electron chi connectivity index (χ1n) is 9.44. The molecule has 0 saturated heterocycles. The van der Waals surface area contributed by atoms with E-state index in [1.54, 1.807) is 24.3 Å². The van der Waals surface area contributed by atoms with Crippen molar-refractivity contribution >= 4 is 21.6 Å². The topological polar surface area (TPSA) is 113 Å². The van der Waals surface area contributed by atoms with E-state index in [0.29, 0.717) is 28.6 Å². The number of amides is 1. The Hall–Kier alpha value is -3.34. The molecule has 0 atom stereocenters. The molecule has 1 amide bonds. The van der Waals surface area contributed by atoms with Crippen molar-refractivity contribution in [1.29, 1.82) is 0 Å². The number of carbonyl (C=O) groups excluding carboxylic acids is 1. The van der Waals surface area contributed by atoms with Crippen molar-refractivity contribution in [3.05, 3.63) is 35.9 Å². The number of carbonyl (C=O) groups is 1. The van der Waals surface area contributed by atoms with Crippen molar-refractivity contribution < 1.29 is 36.9 Å². The van der Waals surface area contributed by atoms with Gasteiger partial charge in [0.2, 0.25) is 21.7 Å². The summed E-state index contributed by atoms with van der Waals surface area (Å²) in [6.07, 6.45) is 1.01. The fourth-order valence-electron chi connectivity index (χ4n) is 3.06. The van der Waals surface area contributed by atoms with Crippen LogP contribution in [0.25, 0.3) is 0 Å². The van der Waals surface area contributed by atoms with Gasteiger partial charge in [0.25, 0.3) is 0 Å². The first kappa shape index (κ1) is 24.9. The molecule has 32 heavy (non-hydrogen) atoms. The zero-order chi connectivity index (χ0) is 23.9. The van der Waals surface area contributed by atoms with Gasteiger partial charge in [0.15, 0.2) is 11.5 Å². The molecule has 10 nitrogen and oxygen atoms in total. The Morgan fingerprint density at radius 2 is 1.50 bits per heavy atom. The summed E-state index contributed by atoms with van der Waals surface area (Å²) in [7, 11) is 3.52. The molecule has 0 radical (unpaired) electrons. The molecular formula is C21H28N2O8S. The number of hydrogen-bond donors (Lipinski definition) is 1. The highest BCUT2D eigenvalue weighted by Crippen LogP contribution is 2.39. The number of nitrogens with zero attached hydrogens (tertiary/aromatic N) is 1. The second-order valence-corrected chi connectivity index (χ2v) is 8.48. The van der Waals surface area contributed by atoms with Crippen LogP contribution in [-0.4, -0.2) is 62.7 Å². The van der Waals surface area contributed by atoms with Gasteiger partial charge in [0.1, 0.15) is 18.0 Å². The van der Waals surface area contributed by atoms with Gasteiger partial charge < -0.3 is 29.0 Å². The highest BCUT2D eigenvalue weighted by molar-refractivity contribution is 7.92. The maximum absolute atomic E-state index is 12.7. The first-order valence-corrected chi connectivity index (χ1v) is 11.3. The van der Waals surface area contributed by atoms with E-state index in [4.69, 9.17) is 23.7 Å². The number of methoxy groups -OCH3 is 5. The molecule has 0 heterocycles. The number of ether oxygens (including phenoxy) is 5. The zero-order valence-corrected chi connectivity index (χ0v) is 19.7. The molecule has 2 rings (SSSR count). The number of benzene rings is 2. The maximum Gasteiger partial charge on any atom is 0.241 e. The lowest BCUT2D eigenvalue weighted by atomic mass is 10.1. The third-order valence-corrected chi connectivity index (χ3v) is 5.73. The summed E-state index contributed by atoms with van der Waals surface area (Å²) < 4.78 is 52.3. The van der Waals surface area contributed by atoms with Gasteiger partial charge in [-0.3, -0.25) is 9.10 Å². The minimum absolute atomic E-state index is 0.0786. The van der Waals surface area contributed by atoms with Gasteiger partial charge in [-0.1, -0.05) is 0 Å². The number of anilines is 1. The lowest BCUT2D eigenvalue weighted by Gasteiger charge is -2.24. The van der Waals surface area contributed by atoms with Crippen molar-refractivity contribution in [1.82, 2.24) is 5.32 Å². The van der Waals surface area contributed by atoms with E-state index >= 15 is 0 Å². The van der Waals surface area contributed by atoms with E-state index in [0.717, 1.165) is 10.6 Å². The molecule has 0 fully saturated rings. The predicted octanol–water partition coefficient (Wildman–Crippen LogP) is 1.81. The van der Waals surface area contributed by atoms with Crippen LogP contribution >= 0.6 is 0 Å². The summed E-state index contributed by atoms with van der Waals surface area (Å²) >= 11 is 0. The summed E-state index contributed by atoms with van der Waals surface area (Å²) in [6.45, 7) is -0.382. The molecule has 0 saturated carbocycles. The Balaban J connectivity index is 2.27. The Bertz CT molecular complexity index is 1060. The molecule has 0 aliphatic rings. The van der Waals surface area contributed by atoms with Crippen LogP contribution in [0.4, 0.5) is 5.69 Å². The van der Waals surface area contributed by atoms with E-state index < -0.39 is 22.5 Å². The maximum atomic E-state index is 12.7. The minimum atomic E-state index is -3.81. The Morgan fingerprint density at radius 1 is 0.875 bits per heavy atom. The second-order valence-electron chi connectivity index (χ2n) is 6.58. The van der Waals surface area contributed by atoms with Gasteiger partial charge in [-0.25, -0.2) is 8.42 Å². The summed E-state index contributed by atoms with van der Waals surface area (Å²) in [5, 5.41) is 2.71. The standard InChI is InChI=1S/C21H28N2O8S/c1-27-15-8-10-17(28-2)16(11-15)23(32(6,25)26)13-19(24)22-12-14-7-9-18(29-3)21(31-5)20(14)30-4/h7-11H,12-13H2,1-6H3,(H,22,24). The van der Waals surface area contributed by atoms with Crippen molar-refractivity contribution in [3.63, 3.8) is 0 Å². The largest absolute Gasteiger partial charge is 0.497 e. The second kappa shape index (κ2) is 10.8. The van der Waals surface area contributed by atoms with Gasteiger partial charge >= 0.3 is 0 Å². The lowest BCUT2D eigenvalue weighted by molar-refractivity contribution is -0.119. The van der Waals surface area contributed by atoms with Crippen LogP contribution in [0.2, 0.25) is 0 Å². The molecule has 2 aromatic carbocycles. The van der Waals surface area contributed by atoms with Crippen molar-refractivity contribution in [3.8, 4) is 28.7 Å². The fourth-order valence-corrected chi connectivity index (χ4v) is 3.91. The molecule has 176 valence electrons. The van der Waals surface area contributed by atoms with Crippen LogP contribution in [0.15, 0.2) is 30.3 Å². The summed E-state index contributed by atoms with van der Waals surface area (Å²) in [5.41, 5.74) is 0.816. The summed E-state index contributed by atoms with van der Waals surface area (Å²) in [6, 6.07) is 8.10. The smallest absolute Gasteiger partial charge is 0.241 e. The lowest BCUT2D eigenvalue weighted by Crippen LogP contribution is -2.40. The molecule has 0 bridgehead atoms.